The van der Waals surface area contributed by atoms with Crippen molar-refractivity contribution in [2.24, 2.45) is 0 Å². The quantitative estimate of drug-likeness (QED) is 0.694. The van der Waals surface area contributed by atoms with Crippen molar-refractivity contribution < 1.29 is 4.79 Å². The van der Waals surface area contributed by atoms with Crippen molar-refractivity contribution in [1.82, 2.24) is 18.8 Å². The summed E-state index contributed by atoms with van der Waals surface area (Å²) in [5.74, 6) is 1.14. The summed E-state index contributed by atoms with van der Waals surface area (Å²) in [4.78, 5) is 21.4. The number of rotatable bonds is 5. The fourth-order valence-corrected chi connectivity index (χ4v) is 4.17. The van der Waals surface area contributed by atoms with Crippen LogP contribution in [-0.4, -0.2) is 50.9 Å². The third-order valence-electron chi connectivity index (χ3n) is 4.92. The first-order valence-electron chi connectivity index (χ1n) is 9.14. The second-order valence-corrected chi connectivity index (χ2v) is 7.26. The highest BCUT2D eigenvalue weighted by Crippen LogP contribution is 2.20. The number of piperazine rings is 1. The van der Waals surface area contributed by atoms with Crippen molar-refractivity contribution in [3.05, 3.63) is 42.4 Å². The van der Waals surface area contributed by atoms with Gasteiger partial charge in [0.2, 0.25) is 11.0 Å². The molecule has 136 valence electrons. The minimum Gasteiger partial charge on any atom is -0.347 e. The Hall–Kier alpha value is -2.41. The molecule has 3 aromatic rings. The first kappa shape index (κ1) is 17.0. The highest BCUT2D eigenvalue weighted by atomic mass is 32.1. The van der Waals surface area contributed by atoms with Crippen LogP contribution < -0.4 is 4.90 Å². The molecule has 1 aliphatic rings. The Labute approximate surface area is 157 Å². The zero-order valence-electron chi connectivity index (χ0n) is 15.0. The number of carbonyl (C=O) groups is 1. The van der Waals surface area contributed by atoms with Crippen molar-refractivity contribution >= 4 is 33.5 Å². The van der Waals surface area contributed by atoms with Gasteiger partial charge in [-0.3, -0.25) is 4.79 Å². The summed E-state index contributed by atoms with van der Waals surface area (Å²) < 4.78 is 6.52. The van der Waals surface area contributed by atoms with Crippen LogP contribution in [0, 0.1) is 0 Å². The molecule has 4 rings (SSSR count). The molecule has 1 fully saturated rings. The fraction of sp³-hybridized carbons (Fsp3) is 0.421. The molecule has 6 nitrogen and oxygen atoms in total. The number of anilines is 1. The van der Waals surface area contributed by atoms with E-state index in [4.69, 9.17) is 0 Å². The van der Waals surface area contributed by atoms with Gasteiger partial charge in [0.05, 0.1) is 0 Å². The lowest BCUT2D eigenvalue weighted by molar-refractivity contribution is -0.131. The van der Waals surface area contributed by atoms with Gasteiger partial charge in [0.1, 0.15) is 5.82 Å². The topological polar surface area (TPSA) is 54.3 Å². The standard InChI is InChI=1S/C19H23N5OS/c1-2-17-20-19(26-21-17)24-13-11-23(12-14-24)18(25)8-10-22-9-7-15-5-3-4-6-16(15)22/h3-7,9H,2,8,10-14H2,1H3. The van der Waals surface area contributed by atoms with Crippen LogP contribution in [-0.2, 0) is 17.8 Å². The zero-order chi connectivity index (χ0) is 17.9. The Morgan fingerprint density at radius 2 is 1.96 bits per heavy atom. The third-order valence-corrected chi connectivity index (χ3v) is 5.74. The monoisotopic (exact) mass is 369 g/mol. The molecular formula is C19H23N5OS. The van der Waals surface area contributed by atoms with E-state index in [1.54, 1.807) is 0 Å². The molecule has 0 atom stereocenters. The number of hydrogen-bond donors (Lipinski definition) is 0. The van der Waals surface area contributed by atoms with Crippen LogP contribution >= 0.6 is 11.5 Å². The highest BCUT2D eigenvalue weighted by Gasteiger charge is 2.23. The molecule has 0 bridgehead atoms. The van der Waals surface area contributed by atoms with Gasteiger partial charge in [-0.2, -0.15) is 4.37 Å². The lowest BCUT2D eigenvalue weighted by atomic mass is 10.2. The van der Waals surface area contributed by atoms with Gasteiger partial charge >= 0.3 is 0 Å². The second-order valence-electron chi connectivity index (χ2n) is 6.53. The number of benzene rings is 1. The van der Waals surface area contributed by atoms with Crippen LogP contribution in [0.3, 0.4) is 0 Å². The third kappa shape index (κ3) is 3.44. The van der Waals surface area contributed by atoms with E-state index in [0.29, 0.717) is 6.42 Å². The first-order chi connectivity index (χ1) is 12.7. The molecule has 0 unspecified atom stereocenters. The SMILES string of the molecule is CCc1nsc(N2CCN(C(=O)CCn3ccc4ccccc43)CC2)n1. The highest BCUT2D eigenvalue weighted by molar-refractivity contribution is 7.09. The summed E-state index contributed by atoms with van der Waals surface area (Å²) in [7, 11) is 0. The molecule has 26 heavy (non-hydrogen) atoms. The predicted molar refractivity (Wildman–Crippen MR) is 105 cm³/mol. The maximum Gasteiger partial charge on any atom is 0.224 e. The van der Waals surface area contributed by atoms with E-state index in [2.05, 4.69) is 50.1 Å². The summed E-state index contributed by atoms with van der Waals surface area (Å²) in [5, 5.41) is 2.20. The summed E-state index contributed by atoms with van der Waals surface area (Å²) in [6, 6.07) is 10.4. The number of fused-ring (bicyclic) bond motifs is 1. The number of aryl methyl sites for hydroxylation is 2. The molecule has 2 aromatic heterocycles. The summed E-state index contributed by atoms with van der Waals surface area (Å²) in [5.41, 5.74) is 1.19. The molecule has 0 aliphatic carbocycles. The van der Waals surface area contributed by atoms with Crippen LogP contribution in [0.15, 0.2) is 36.5 Å². The van der Waals surface area contributed by atoms with E-state index in [1.807, 2.05) is 17.0 Å². The van der Waals surface area contributed by atoms with Gasteiger partial charge in [-0.15, -0.1) is 0 Å². The Bertz CT molecular complexity index is 894. The van der Waals surface area contributed by atoms with E-state index in [1.165, 1.54) is 22.4 Å². The van der Waals surface area contributed by atoms with Crippen LogP contribution in [0.4, 0.5) is 5.13 Å². The van der Waals surface area contributed by atoms with Gasteiger partial charge < -0.3 is 14.4 Å². The maximum absolute atomic E-state index is 12.6. The Morgan fingerprint density at radius 3 is 2.73 bits per heavy atom. The lowest BCUT2D eigenvalue weighted by Gasteiger charge is -2.34. The van der Waals surface area contributed by atoms with Crippen molar-refractivity contribution in [3.63, 3.8) is 0 Å². The molecule has 3 heterocycles. The van der Waals surface area contributed by atoms with Crippen LogP contribution in [0.5, 0.6) is 0 Å². The molecule has 0 N–H and O–H groups in total. The zero-order valence-corrected chi connectivity index (χ0v) is 15.8. The molecule has 1 amide bonds. The normalized spacial score (nSPS) is 15.0. The maximum atomic E-state index is 12.6. The van der Waals surface area contributed by atoms with Gasteiger partial charge in [0.25, 0.3) is 0 Å². The molecule has 1 aliphatic heterocycles. The van der Waals surface area contributed by atoms with Crippen molar-refractivity contribution in [1.29, 1.82) is 0 Å². The first-order valence-corrected chi connectivity index (χ1v) is 9.91. The van der Waals surface area contributed by atoms with Crippen molar-refractivity contribution in [2.75, 3.05) is 31.1 Å². The number of carbonyl (C=O) groups excluding carboxylic acids is 1. The molecule has 1 aromatic carbocycles. The number of para-hydroxylation sites is 1. The largest absolute Gasteiger partial charge is 0.347 e. The predicted octanol–water partition coefficient (Wildman–Crippen LogP) is 2.79. The average molecular weight is 369 g/mol. The van der Waals surface area contributed by atoms with Crippen molar-refractivity contribution in [2.45, 2.75) is 26.3 Å². The molecule has 0 radical (unpaired) electrons. The second kappa shape index (κ2) is 7.45. The molecule has 0 spiro atoms. The Balaban J connectivity index is 1.31. The number of aromatic nitrogens is 3. The molecular weight excluding hydrogens is 346 g/mol. The summed E-state index contributed by atoms with van der Waals surface area (Å²) in [6.45, 7) is 5.96. The van der Waals surface area contributed by atoms with Crippen LogP contribution in [0.1, 0.15) is 19.2 Å². The minimum absolute atomic E-state index is 0.231. The minimum atomic E-state index is 0.231. The number of hydrogen-bond acceptors (Lipinski definition) is 5. The van der Waals surface area contributed by atoms with E-state index < -0.39 is 0 Å². The Morgan fingerprint density at radius 1 is 1.15 bits per heavy atom. The van der Waals surface area contributed by atoms with Gasteiger partial charge in [0.15, 0.2) is 0 Å². The van der Waals surface area contributed by atoms with E-state index >= 15 is 0 Å². The molecule has 1 saturated heterocycles. The van der Waals surface area contributed by atoms with Crippen molar-refractivity contribution in [3.8, 4) is 0 Å². The fourth-order valence-electron chi connectivity index (χ4n) is 3.37. The van der Waals surface area contributed by atoms with E-state index in [0.717, 1.165) is 50.1 Å². The average Bonchev–Trinajstić information content (AvgIpc) is 3.33. The van der Waals surface area contributed by atoms with E-state index in [9.17, 15) is 4.79 Å². The smallest absolute Gasteiger partial charge is 0.224 e. The van der Waals surface area contributed by atoms with E-state index in [-0.39, 0.29) is 5.91 Å². The Kier molecular flexibility index (Phi) is 4.88. The summed E-state index contributed by atoms with van der Waals surface area (Å²) >= 11 is 1.46. The van der Waals surface area contributed by atoms with Gasteiger partial charge in [-0.25, -0.2) is 4.98 Å². The van der Waals surface area contributed by atoms with Gasteiger partial charge in [-0.05, 0) is 17.5 Å². The lowest BCUT2D eigenvalue weighted by Crippen LogP contribution is -2.48. The molecule has 0 saturated carbocycles. The van der Waals surface area contributed by atoms with Gasteiger partial charge in [-0.1, -0.05) is 25.1 Å². The van der Waals surface area contributed by atoms with Gasteiger partial charge in [0, 0.05) is 68.8 Å². The van der Waals surface area contributed by atoms with Crippen LogP contribution in [0.25, 0.3) is 10.9 Å². The number of nitrogens with zero attached hydrogens (tertiary/aromatic N) is 5. The summed E-state index contributed by atoms with van der Waals surface area (Å²) in [6.07, 6.45) is 3.47. The number of amides is 1. The molecule has 7 heteroatoms. The van der Waals surface area contributed by atoms with Crippen LogP contribution in [0.2, 0.25) is 0 Å².